The van der Waals surface area contributed by atoms with E-state index in [0.29, 0.717) is 13.0 Å². The number of carboxylic acid groups (broad SMARTS) is 1. The van der Waals surface area contributed by atoms with E-state index in [1.165, 1.54) is 19.2 Å². The minimum absolute atomic E-state index is 0.0487. The van der Waals surface area contributed by atoms with Crippen LogP contribution in [0.1, 0.15) is 28.6 Å². The average molecular weight is 395 g/mol. The molecule has 10 heteroatoms. The lowest BCUT2D eigenvalue weighted by Crippen LogP contribution is -2.31. The maximum atomic E-state index is 12.6. The lowest BCUT2D eigenvalue weighted by Gasteiger charge is -2.19. The highest BCUT2D eigenvalue weighted by atomic mass is 32.2. The Morgan fingerprint density at radius 1 is 1.44 bits per heavy atom. The van der Waals surface area contributed by atoms with Crippen molar-refractivity contribution in [3.05, 3.63) is 41.7 Å². The first-order valence-corrected chi connectivity index (χ1v) is 9.82. The van der Waals surface area contributed by atoms with Crippen molar-refractivity contribution in [1.82, 2.24) is 14.5 Å². The van der Waals surface area contributed by atoms with Crippen LogP contribution in [0.5, 0.6) is 5.75 Å². The van der Waals surface area contributed by atoms with Gasteiger partial charge in [-0.15, -0.1) is 0 Å². The normalized spacial score (nSPS) is 19.9. The zero-order valence-electron chi connectivity index (χ0n) is 15.0. The molecule has 146 valence electrons. The summed E-state index contributed by atoms with van der Waals surface area (Å²) >= 11 is 0. The van der Waals surface area contributed by atoms with Crippen LogP contribution in [0.25, 0.3) is 0 Å². The predicted octanol–water partition coefficient (Wildman–Crippen LogP) is 1.18. The Balaban J connectivity index is 1.76. The molecule has 0 spiro atoms. The molecule has 2 atom stereocenters. The highest BCUT2D eigenvalue weighted by Crippen LogP contribution is 2.34. The first-order chi connectivity index (χ1) is 12.8. The third-order valence-electron chi connectivity index (χ3n) is 4.61. The predicted molar refractivity (Wildman–Crippen MR) is 95.1 cm³/mol. The molecule has 0 aliphatic carbocycles. The van der Waals surface area contributed by atoms with Gasteiger partial charge in [-0.2, -0.15) is 5.10 Å². The van der Waals surface area contributed by atoms with E-state index in [-0.39, 0.29) is 34.8 Å². The zero-order chi connectivity index (χ0) is 19.6. The molecule has 0 bridgehead atoms. The highest BCUT2D eigenvalue weighted by Gasteiger charge is 2.32. The molecule has 27 heavy (non-hydrogen) atoms. The maximum absolute atomic E-state index is 12.6. The SMILES string of the molecule is COc1ccc(S(=O)(=O)NC[C@@H]2CCO[C@H]2c2ccnn2C)cc1C(=O)O. The van der Waals surface area contributed by atoms with E-state index in [0.717, 1.165) is 11.8 Å². The molecule has 1 aliphatic rings. The van der Waals surface area contributed by atoms with E-state index in [1.54, 1.807) is 10.9 Å². The number of benzene rings is 1. The molecule has 0 radical (unpaired) electrons. The molecule has 2 N–H and O–H groups in total. The zero-order valence-corrected chi connectivity index (χ0v) is 15.8. The summed E-state index contributed by atoms with van der Waals surface area (Å²) in [6.07, 6.45) is 2.13. The van der Waals surface area contributed by atoms with Gasteiger partial charge in [-0.1, -0.05) is 0 Å². The molecule has 0 unspecified atom stereocenters. The number of aromatic carboxylic acids is 1. The minimum Gasteiger partial charge on any atom is -0.496 e. The number of sulfonamides is 1. The van der Waals surface area contributed by atoms with E-state index >= 15 is 0 Å². The van der Waals surface area contributed by atoms with Crippen molar-refractivity contribution in [2.24, 2.45) is 13.0 Å². The molecule has 1 fully saturated rings. The number of hydrogen-bond acceptors (Lipinski definition) is 6. The Labute approximate surface area is 157 Å². The molecule has 9 nitrogen and oxygen atoms in total. The van der Waals surface area contributed by atoms with Crippen LogP contribution in [0, 0.1) is 5.92 Å². The smallest absolute Gasteiger partial charge is 0.339 e. The van der Waals surface area contributed by atoms with Crippen LogP contribution in [0.4, 0.5) is 0 Å². The number of carbonyl (C=O) groups is 1. The number of ether oxygens (including phenoxy) is 2. The van der Waals surface area contributed by atoms with Gasteiger partial charge < -0.3 is 14.6 Å². The lowest BCUT2D eigenvalue weighted by atomic mass is 9.99. The second kappa shape index (κ2) is 7.67. The van der Waals surface area contributed by atoms with Crippen molar-refractivity contribution < 1.29 is 27.8 Å². The molecular weight excluding hydrogens is 374 g/mol. The van der Waals surface area contributed by atoms with E-state index in [1.807, 2.05) is 13.1 Å². The molecule has 0 saturated carbocycles. The highest BCUT2D eigenvalue weighted by molar-refractivity contribution is 7.89. The Morgan fingerprint density at radius 3 is 2.85 bits per heavy atom. The molecule has 1 saturated heterocycles. The number of nitrogens with one attached hydrogen (secondary N) is 1. The molecule has 2 heterocycles. The van der Waals surface area contributed by atoms with Crippen molar-refractivity contribution in [3.63, 3.8) is 0 Å². The third kappa shape index (κ3) is 3.97. The molecule has 1 aromatic heterocycles. The number of rotatable bonds is 7. The number of aryl methyl sites for hydroxylation is 1. The Kier molecular flexibility index (Phi) is 5.49. The summed E-state index contributed by atoms with van der Waals surface area (Å²) in [7, 11) is -0.743. The number of carboxylic acids is 1. The first-order valence-electron chi connectivity index (χ1n) is 8.34. The summed E-state index contributed by atoms with van der Waals surface area (Å²) in [6.45, 7) is 0.709. The van der Waals surface area contributed by atoms with E-state index < -0.39 is 16.0 Å². The van der Waals surface area contributed by atoms with Crippen molar-refractivity contribution in [2.45, 2.75) is 17.4 Å². The Morgan fingerprint density at radius 2 is 2.22 bits per heavy atom. The fourth-order valence-corrected chi connectivity index (χ4v) is 4.27. The first kappa shape index (κ1) is 19.3. The summed E-state index contributed by atoms with van der Waals surface area (Å²) in [4.78, 5) is 11.2. The topological polar surface area (TPSA) is 120 Å². The van der Waals surface area contributed by atoms with Gasteiger partial charge in [0.15, 0.2) is 0 Å². The van der Waals surface area contributed by atoms with Gasteiger partial charge in [0.1, 0.15) is 17.4 Å². The van der Waals surface area contributed by atoms with E-state index in [9.17, 15) is 18.3 Å². The standard InChI is InChI=1S/C17H21N3O6S/c1-20-14(5-7-18-20)16-11(6-8-26-16)10-19-27(23,24)12-3-4-15(25-2)13(9-12)17(21)22/h3-5,7,9,11,16,19H,6,8,10H2,1-2H3,(H,21,22)/t11-,16+/m0/s1. The van der Waals surface area contributed by atoms with Crippen LogP contribution in [0.15, 0.2) is 35.4 Å². The van der Waals surface area contributed by atoms with Crippen LogP contribution in [0.3, 0.4) is 0 Å². The Bertz CT molecular complexity index is 940. The van der Waals surface area contributed by atoms with Gasteiger partial charge >= 0.3 is 5.97 Å². The van der Waals surface area contributed by atoms with Gasteiger partial charge in [-0.3, -0.25) is 4.68 Å². The Hall–Kier alpha value is -2.43. The summed E-state index contributed by atoms with van der Waals surface area (Å²) < 4.78 is 40.2. The number of aromatic nitrogens is 2. The number of methoxy groups -OCH3 is 1. The van der Waals surface area contributed by atoms with Crippen LogP contribution < -0.4 is 9.46 Å². The number of hydrogen-bond donors (Lipinski definition) is 2. The molecule has 2 aromatic rings. The van der Waals surface area contributed by atoms with Crippen LogP contribution in [-0.2, 0) is 21.8 Å². The van der Waals surface area contributed by atoms with Gasteiger partial charge in [0.05, 0.1) is 17.7 Å². The fourth-order valence-electron chi connectivity index (χ4n) is 3.15. The largest absolute Gasteiger partial charge is 0.496 e. The lowest BCUT2D eigenvalue weighted by molar-refractivity contribution is 0.0693. The van der Waals surface area contributed by atoms with Crippen molar-refractivity contribution in [3.8, 4) is 5.75 Å². The van der Waals surface area contributed by atoms with Crippen LogP contribution in [-0.4, -0.2) is 49.5 Å². The summed E-state index contributed by atoms with van der Waals surface area (Å²) in [5.41, 5.74) is 0.673. The van der Waals surface area contributed by atoms with Crippen molar-refractivity contribution in [2.75, 3.05) is 20.3 Å². The van der Waals surface area contributed by atoms with Gasteiger partial charge in [-0.05, 0) is 30.7 Å². The second-order valence-corrected chi connectivity index (χ2v) is 8.01. The quantitative estimate of drug-likeness (QED) is 0.722. The molecule has 1 aromatic carbocycles. The fraction of sp³-hybridized carbons (Fsp3) is 0.412. The van der Waals surface area contributed by atoms with E-state index in [4.69, 9.17) is 9.47 Å². The van der Waals surface area contributed by atoms with E-state index in [2.05, 4.69) is 9.82 Å². The average Bonchev–Trinajstić information content (AvgIpc) is 3.27. The summed E-state index contributed by atoms with van der Waals surface area (Å²) in [6, 6.07) is 5.58. The second-order valence-electron chi connectivity index (χ2n) is 6.24. The third-order valence-corrected chi connectivity index (χ3v) is 6.03. The summed E-state index contributed by atoms with van der Waals surface area (Å²) in [5, 5.41) is 13.4. The minimum atomic E-state index is -3.88. The van der Waals surface area contributed by atoms with Crippen LogP contribution >= 0.6 is 0 Å². The summed E-state index contributed by atoms with van der Waals surface area (Å²) in [5.74, 6) is -1.21. The van der Waals surface area contributed by atoms with Gasteiger partial charge in [0, 0.05) is 32.3 Å². The maximum Gasteiger partial charge on any atom is 0.339 e. The number of nitrogens with zero attached hydrogens (tertiary/aromatic N) is 2. The monoisotopic (exact) mass is 395 g/mol. The van der Waals surface area contributed by atoms with Gasteiger partial charge in [0.2, 0.25) is 10.0 Å². The molecule has 3 rings (SSSR count). The van der Waals surface area contributed by atoms with Crippen molar-refractivity contribution >= 4 is 16.0 Å². The van der Waals surface area contributed by atoms with Crippen LogP contribution in [0.2, 0.25) is 0 Å². The molecule has 0 amide bonds. The van der Waals surface area contributed by atoms with Gasteiger partial charge in [-0.25, -0.2) is 17.9 Å². The van der Waals surface area contributed by atoms with Crippen molar-refractivity contribution in [1.29, 1.82) is 0 Å². The molecular formula is C17H21N3O6S. The van der Waals surface area contributed by atoms with Gasteiger partial charge in [0.25, 0.3) is 0 Å². The molecule has 1 aliphatic heterocycles.